The van der Waals surface area contributed by atoms with E-state index >= 15 is 0 Å². The average molecular weight is 220 g/mol. The van der Waals surface area contributed by atoms with Crippen molar-refractivity contribution in [3.8, 4) is 0 Å². The zero-order chi connectivity index (χ0) is 12.1. The Morgan fingerprint density at radius 3 is 2.69 bits per heavy atom. The van der Waals surface area contributed by atoms with E-state index in [1.54, 1.807) is 0 Å². The number of fused-ring (bicyclic) bond motifs is 2. The summed E-state index contributed by atoms with van der Waals surface area (Å²) in [6.07, 6.45) is 5.42. The van der Waals surface area contributed by atoms with E-state index in [0.29, 0.717) is 11.8 Å². The molecule has 16 heavy (non-hydrogen) atoms. The highest BCUT2D eigenvalue weighted by atomic mass is 16.3. The van der Waals surface area contributed by atoms with Crippen molar-refractivity contribution >= 4 is 0 Å². The van der Waals surface area contributed by atoms with Crippen molar-refractivity contribution in [3.05, 3.63) is 23.8 Å². The van der Waals surface area contributed by atoms with Crippen molar-refractivity contribution in [2.75, 3.05) is 0 Å². The summed E-state index contributed by atoms with van der Waals surface area (Å²) < 4.78 is 0. The fourth-order valence-electron chi connectivity index (χ4n) is 3.93. The van der Waals surface area contributed by atoms with E-state index in [0.717, 1.165) is 19.3 Å². The van der Waals surface area contributed by atoms with Gasteiger partial charge in [0.25, 0.3) is 0 Å². The molecule has 0 aliphatic heterocycles. The monoisotopic (exact) mass is 220 g/mol. The molecule has 1 heteroatoms. The Hall–Kier alpha value is -0.560. The van der Waals surface area contributed by atoms with Crippen molar-refractivity contribution < 1.29 is 5.11 Å². The van der Waals surface area contributed by atoms with Crippen LogP contribution in [0, 0.1) is 17.3 Å². The highest BCUT2D eigenvalue weighted by Gasteiger charge is 2.52. The molecule has 2 bridgehead atoms. The molecule has 0 aromatic heterocycles. The first-order valence-corrected chi connectivity index (χ1v) is 6.34. The molecule has 0 unspecified atom stereocenters. The second-order valence-electron chi connectivity index (χ2n) is 6.31. The molecule has 2 aliphatic rings. The van der Waals surface area contributed by atoms with E-state index in [2.05, 4.69) is 33.4 Å². The van der Waals surface area contributed by atoms with Crippen LogP contribution in [0.4, 0.5) is 0 Å². The quantitative estimate of drug-likeness (QED) is 0.668. The maximum atomic E-state index is 10.6. The fraction of sp³-hybridized carbons (Fsp3) is 0.733. The second kappa shape index (κ2) is 3.46. The molecule has 0 aromatic rings. The van der Waals surface area contributed by atoms with Crippen molar-refractivity contribution in [3.63, 3.8) is 0 Å². The predicted octanol–water partition coefficient (Wildman–Crippen LogP) is 3.70. The van der Waals surface area contributed by atoms with E-state index in [-0.39, 0.29) is 5.41 Å². The lowest BCUT2D eigenvalue weighted by Crippen LogP contribution is -2.51. The van der Waals surface area contributed by atoms with Gasteiger partial charge in [-0.2, -0.15) is 0 Å². The third-order valence-corrected chi connectivity index (χ3v) is 5.17. The van der Waals surface area contributed by atoms with Crippen LogP contribution in [0.15, 0.2) is 23.8 Å². The smallest absolute Gasteiger partial charge is 0.0687 e. The van der Waals surface area contributed by atoms with Crippen LogP contribution >= 0.6 is 0 Å². The van der Waals surface area contributed by atoms with Crippen LogP contribution in [0.3, 0.4) is 0 Å². The minimum atomic E-state index is -0.528. The molecule has 0 aromatic carbocycles. The summed E-state index contributed by atoms with van der Waals surface area (Å²) in [5.74, 6) is 0.856. The first-order valence-electron chi connectivity index (χ1n) is 6.34. The van der Waals surface area contributed by atoms with Crippen molar-refractivity contribution in [1.82, 2.24) is 0 Å². The van der Waals surface area contributed by atoms with Crippen molar-refractivity contribution in [1.29, 1.82) is 0 Å². The van der Waals surface area contributed by atoms with Crippen molar-refractivity contribution in [2.45, 2.75) is 52.6 Å². The first-order chi connectivity index (χ1) is 7.29. The predicted molar refractivity (Wildman–Crippen MR) is 68.1 cm³/mol. The highest BCUT2D eigenvalue weighted by Crippen LogP contribution is 2.57. The van der Waals surface area contributed by atoms with Crippen LogP contribution in [-0.4, -0.2) is 10.7 Å². The van der Waals surface area contributed by atoms with E-state index in [9.17, 15) is 5.11 Å². The lowest BCUT2D eigenvalue weighted by Gasteiger charge is -2.55. The SMILES string of the molecule is C=C(C)[C@@]12CC=C(C)[C@@H](C1)[C@](C)(O)C[C@H]2C. The Labute approximate surface area is 99.3 Å². The van der Waals surface area contributed by atoms with Gasteiger partial charge in [0, 0.05) is 5.92 Å². The number of hydrogen-bond acceptors (Lipinski definition) is 1. The van der Waals surface area contributed by atoms with Crippen LogP contribution in [0.2, 0.25) is 0 Å². The molecular formula is C15H24O. The van der Waals surface area contributed by atoms with E-state index in [1.807, 2.05) is 6.92 Å². The van der Waals surface area contributed by atoms with Crippen LogP contribution in [0.25, 0.3) is 0 Å². The van der Waals surface area contributed by atoms with Gasteiger partial charge in [-0.05, 0) is 51.4 Å². The third kappa shape index (κ3) is 1.48. The highest BCUT2D eigenvalue weighted by molar-refractivity contribution is 5.26. The molecule has 2 rings (SSSR count). The van der Waals surface area contributed by atoms with Crippen molar-refractivity contribution in [2.24, 2.45) is 17.3 Å². The molecule has 4 atom stereocenters. The second-order valence-corrected chi connectivity index (χ2v) is 6.31. The number of aliphatic hydroxyl groups is 1. The Morgan fingerprint density at radius 2 is 2.12 bits per heavy atom. The minimum absolute atomic E-state index is 0.242. The van der Waals surface area contributed by atoms with Crippen LogP contribution < -0.4 is 0 Å². The van der Waals surface area contributed by atoms with Gasteiger partial charge in [-0.3, -0.25) is 0 Å². The molecule has 90 valence electrons. The summed E-state index contributed by atoms with van der Waals surface area (Å²) >= 11 is 0. The fourth-order valence-corrected chi connectivity index (χ4v) is 3.93. The van der Waals surface area contributed by atoms with Gasteiger partial charge in [-0.1, -0.05) is 30.7 Å². The molecule has 1 fully saturated rings. The summed E-state index contributed by atoms with van der Waals surface area (Å²) in [6.45, 7) is 12.8. The minimum Gasteiger partial charge on any atom is -0.390 e. The summed E-state index contributed by atoms with van der Waals surface area (Å²) in [5, 5.41) is 10.6. The summed E-state index contributed by atoms with van der Waals surface area (Å²) in [7, 11) is 0. The lowest BCUT2D eigenvalue weighted by atomic mass is 9.51. The zero-order valence-corrected chi connectivity index (χ0v) is 11.0. The Kier molecular flexibility index (Phi) is 2.58. The first kappa shape index (κ1) is 11.9. The van der Waals surface area contributed by atoms with Gasteiger partial charge in [-0.15, -0.1) is 0 Å². The molecule has 0 amide bonds. The third-order valence-electron chi connectivity index (χ3n) is 5.17. The van der Waals surface area contributed by atoms with Gasteiger partial charge in [0.1, 0.15) is 0 Å². The van der Waals surface area contributed by atoms with Gasteiger partial charge in [0.05, 0.1) is 5.60 Å². The summed E-state index contributed by atoms with van der Waals surface area (Å²) in [5.41, 5.74) is 2.38. The number of rotatable bonds is 1. The van der Waals surface area contributed by atoms with Gasteiger partial charge >= 0.3 is 0 Å². The zero-order valence-electron chi connectivity index (χ0n) is 11.0. The number of allylic oxidation sites excluding steroid dienone is 2. The maximum Gasteiger partial charge on any atom is 0.0687 e. The summed E-state index contributed by atoms with van der Waals surface area (Å²) in [6, 6.07) is 0. The molecule has 0 spiro atoms. The average Bonchev–Trinajstić information content (AvgIpc) is 2.15. The lowest BCUT2D eigenvalue weighted by molar-refractivity contribution is -0.0805. The van der Waals surface area contributed by atoms with E-state index < -0.39 is 5.60 Å². The molecule has 0 saturated heterocycles. The van der Waals surface area contributed by atoms with Crippen LogP contribution in [0.5, 0.6) is 0 Å². The number of hydrogen-bond donors (Lipinski definition) is 1. The largest absolute Gasteiger partial charge is 0.390 e. The molecule has 1 nitrogen and oxygen atoms in total. The molecule has 2 aliphatic carbocycles. The van der Waals surface area contributed by atoms with E-state index in [1.165, 1.54) is 11.1 Å². The Balaban J connectivity index is 2.45. The normalized spacial score (nSPS) is 47.4. The standard InChI is InChI=1S/C15H24O/c1-10(2)15-7-6-11(3)13(9-15)14(5,16)8-12(15)4/h6,12-13,16H,1,7-9H2,2-5H3/t12-,13-,14-,15-/m1/s1. The molecule has 1 N–H and O–H groups in total. The Morgan fingerprint density at radius 1 is 1.50 bits per heavy atom. The Bertz CT molecular complexity index is 350. The summed E-state index contributed by atoms with van der Waals surface area (Å²) in [4.78, 5) is 0. The van der Waals surface area contributed by atoms with Gasteiger partial charge in [0.2, 0.25) is 0 Å². The maximum absolute atomic E-state index is 10.6. The molecule has 0 heterocycles. The van der Waals surface area contributed by atoms with Crippen LogP contribution in [-0.2, 0) is 0 Å². The topological polar surface area (TPSA) is 20.2 Å². The van der Waals surface area contributed by atoms with Crippen LogP contribution in [0.1, 0.15) is 47.0 Å². The molecular weight excluding hydrogens is 196 g/mol. The van der Waals surface area contributed by atoms with E-state index in [4.69, 9.17) is 0 Å². The molecule has 1 saturated carbocycles. The van der Waals surface area contributed by atoms with Gasteiger partial charge < -0.3 is 5.11 Å². The molecule has 0 radical (unpaired) electrons. The van der Waals surface area contributed by atoms with Gasteiger partial charge in [-0.25, -0.2) is 0 Å². The van der Waals surface area contributed by atoms with Gasteiger partial charge in [0.15, 0.2) is 0 Å².